The molecule has 0 saturated heterocycles. The zero-order valence-electron chi connectivity index (χ0n) is 10.7. The van der Waals surface area contributed by atoms with Gasteiger partial charge >= 0.3 is 0 Å². The SMILES string of the molecule is COC[C@]1(CN)[C@@H](c2ccccc2)[C@@H]1S(C)(=O)=O. The molecule has 0 heterocycles. The molecule has 1 saturated carbocycles. The summed E-state index contributed by atoms with van der Waals surface area (Å²) in [6.07, 6.45) is 1.28. The number of benzene rings is 1. The molecule has 1 fully saturated rings. The van der Waals surface area contributed by atoms with Crippen molar-refractivity contribution >= 4 is 9.84 Å². The first-order chi connectivity index (χ1) is 8.47. The maximum absolute atomic E-state index is 11.9. The van der Waals surface area contributed by atoms with Gasteiger partial charge in [0.05, 0.1) is 11.9 Å². The molecule has 0 radical (unpaired) electrons. The van der Waals surface area contributed by atoms with Crippen LogP contribution < -0.4 is 5.73 Å². The predicted octanol–water partition coefficient (Wildman–Crippen LogP) is 0.789. The minimum absolute atomic E-state index is 0.0568. The zero-order valence-corrected chi connectivity index (χ0v) is 11.5. The van der Waals surface area contributed by atoms with Gasteiger partial charge in [0.15, 0.2) is 9.84 Å². The molecule has 2 rings (SSSR count). The van der Waals surface area contributed by atoms with E-state index in [-0.39, 0.29) is 5.92 Å². The highest BCUT2D eigenvalue weighted by Gasteiger charge is 2.68. The van der Waals surface area contributed by atoms with E-state index < -0.39 is 20.5 Å². The Morgan fingerprint density at radius 3 is 2.39 bits per heavy atom. The molecular weight excluding hydrogens is 250 g/mol. The Kier molecular flexibility index (Phi) is 3.49. The zero-order chi connectivity index (χ0) is 13.4. The van der Waals surface area contributed by atoms with Crippen LogP contribution in [-0.4, -0.2) is 40.2 Å². The second kappa shape index (κ2) is 4.64. The van der Waals surface area contributed by atoms with Crippen LogP contribution in [0.2, 0.25) is 0 Å². The third-order valence-electron chi connectivity index (χ3n) is 3.79. The lowest BCUT2D eigenvalue weighted by Crippen LogP contribution is -2.28. The van der Waals surface area contributed by atoms with Gasteiger partial charge in [-0.15, -0.1) is 0 Å². The fourth-order valence-corrected chi connectivity index (χ4v) is 5.04. The van der Waals surface area contributed by atoms with Crippen molar-refractivity contribution in [3.8, 4) is 0 Å². The van der Waals surface area contributed by atoms with Crippen molar-refractivity contribution in [1.82, 2.24) is 0 Å². The smallest absolute Gasteiger partial charge is 0.151 e. The summed E-state index contributed by atoms with van der Waals surface area (Å²) in [6, 6.07) is 9.66. The van der Waals surface area contributed by atoms with Gasteiger partial charge in [0.2, 0.25) is 0 Å². The molecule has 0 bridgehead atoms. The van der Waals surface area contributed by atoms with Gasteiger partial charge in [-0.05, 0) is 5.56 Å². The van der Waals surface area contributed by atoms with Crippen molar-refractivity contribution in [3.63, 3.8) is 0 Å². The predicted molar refractivity (Wildman–Crippen MR) is 71.2 cm³/mol. The third-order valence-corrected chi connectivity index (χ3v) is 5.46. The van der Waals surface area contributed by atoms with E-state index >= 15 is 0 Å². The Balaban J connectivity index is 2.40. The normalized spacial score (nSPS) is 31.3. The van der Waals surface area contributed by atoms with Gasteiger partial charge in [0, 0.05) is 31.2 Å². The molecule has 3 atom stereocenters. The van der Waals surface area contributed by atoms with E-state index in [1.165, 1.54) is 6.26 Å². The number of hydrogen-bond acceptors (Lipinski definition) is 4. The lowest BCUT2D eigenvalue weighted by atomic mass is 10.0. The maximum atomic E-state index is 11.9. The fraction of sp³-hybridized carbons (Fsp3) is 0.538. The van der Waals surface area contributed by atoms with E-state index in [1.54, 1.807) is 7.11 Å². The van der Waals surface area contributed by atoms with E-state index in [0.29, 0.717) is 13.2 Å². The monoisotopic (exact) mass is 269 g/mol. The Morgan fingerprint density at radius 2 is 1.94 bits per heavy atom. The summed E-state index contributed by atoms with van der Waals surface area (Å²) in [5.74, 6) is -0.0568. The van der Waals surface area contributed by atoms with Gasteiger partial charge in [-0.3, -0.25) is 0 Å². The molecule has 1 aliphatic rings. The van der Waals surface area contributed by atoms with Crippen molar-refractivity contribution in [2.24, 2.45) is 11.1 Å². The average Bonchev–Trinajstić information content (AvgIpc) is 3.00. The van der Waals surface area contributed by atoms with E-state index in [9.17, 15) is 8.42 Å². The van der Waals surface area contributed by atoms with Gasteiger partial charge in [-0.1, -0.05) is 30.3 Å². The summed E-state index contributed by atoms with van der Waals surface area (Å²) in [6.45, 7) is 0.693. The van der Waals surface area contributed by atoms with E-state index in [1.807, 2.05) is 30.3 Å². The molecule has 0 amide bonds. The molecule has 0 unspecified atom stereocenters. The summed E-state index contributed by atoms with van der Waals surface area (Å²) in [5.41, 5.74) is 6.38. The highest BCUT2D eigenvalue weighted by Crippen LogP contribution is 2.62. The van der Waals surface area contributed by atoms with Gasteiger partial charge < -0.3 is 10.5 Å². The quantitative estimate of drug-likeness (QED) is 0.858. The van der Waals surface area contributed by atoms with Crippen molar-refractivity contribution in [3.05, 3.63) is 35.9 Å². The van der Waals surface area contributed by atoms with Crippen LogP contribution in [-0.2, 0) is 14.6 Å². The topological polar surface area (TPSA) is 69.4 Å². The molecule has 0 spiro atoms. The number of hydrogen-bond donors (Lipinski definition) is 1. The minimum Gasteiger partial charge on any atom is -0.384 e. The van der Waals surface area contributed by atoms with E-state index in [0.717, 1.165) is 5.56 Å². The molecule has 0 aliphatic heterocycles. The fourth-order valence-electron chi connectivity index (χ4n) is 3.04. The summed E-state index contributed by atoms with van der Waals surface area (Å²) in [4.78, 5) is 0. The summed E-state index contributed by atoms with van der Waals surface area (Å²) < 4.78 is 29.0. The van der Waals surface area contributed by atoms with Crippen LogP contribution in [0.3, 0.4) is 0 Å². The van der Waals surface area contributed by atoms with Crippen LogP contribution >= 0.6 is 0 Å². The Labute approximate surface area is 108 Å². The molecule has 18 heavy (non-hydrogen) atoms. The second-order valence-corrected chi connectivity index (χ2v) is 7.18. The Hall–Kier alpha value is -0.910. The largest absolute Gasteiger partial charge is 0.384 e. The molecule has 2 N–H and O–H groups in total. The number of rotatable bonds is 5. The molecule has 1 aromatic rings. The van der Waals surface area contributed by atoms with Crippen molar-refractivity contribution in [1.29, 1.82) is 0 Å². The van der Waals surface area contributed by atoms with Crippen molar-refractivity contribution in [2.75, 3.05) is 26.5 Å². The summed E-state index contributed by atoms with van der Waals surface area (Å²) in [5, 5.41) is -0.433. The standard InChI is InChI=1S/C13H19NO3S/c1-17-9-13(8-14)11(12(13)18(2,15)16)10-6-4-3-5-7-10/h3-7,11-12H,8-9,14H2,1-2H3/t11-,12-,13+/m0/s1. The molecule has 0 aromatic heterocycles. The highest BCUT2D eigenvalue weighted by atomic mass is 32.2. The second-order valence-electron chi connectivity index (χ2n) is 5.01. The maximum Gasteiger partial charge on any atom is 0.151 e. The Morgan fingerprint density at radius 1 is 1.33 bits per heavy atom. The van der Waals surface area contributed by atoms with E-state index in [4.69, 9.17) is 10.5 Å². The van der Waals surface area contributed by atoms with Gasteiger partial charge in [-0.2, -0.15) is 0 Å². The van der Waals surface area contributed by atoms with Crippen LogP contribution in [0.15, 0.2) is 30.3 Å². The van der Waals surface area contributed by atoms with Crippen LogP contribution in [0.25, 0.3) is 0 Å². The van der Waals surface area contributed by atoms with Crippen LogP contribution in [0.1, 0.15) is 11.5 Å². The summed E-state index contributed by atoms with van der Waals surface area (Å²) in [7, 11) is -1.55. The van der Waals surface area contributed by atoms with Gasteiger partial charge in [0.1, 0.15) is 0 Å². The number of ether oxygens (including phenoxy) is 1. The first kappa shape index (κ1) is 13.5. The highest BCUT2D eigenvalue weighted by molar-refractivity contribution is 7.91. The first-order valence-corrected chi connectivity index (χ1v) is 7.85. The van der Waals surface area contributed by atoms with Gasteiger partial charge in [-0.25, -0.2) is 8.42 Å². The van der Waals surface area contributed by atoms with Crippen LogP contribution in [0, 0.1) is 5.41 Å². The summed E-state index contributed by atoms with van der Waals surface area (Å²) >= 11 is 0. The molecule has 100 valence electrons. The lowest BCUT2D eigenvalue weighted by Gasteiger charge is -2.14. The molecule has 1 aliphatic carbocycles. The molecule has 5 heteroatoms. The number of methoxy groups -OCH3 is 1. The van der Waals surface area contributed by atoms with E-state index in [2.05, 4.69) is 0 Å². The third kappa shape index (κ3) is 2.06. The lowest BCUT2D eigenvalue weighted by molar-refractivity contribution is 0.142. The van der Waals surface area contributed by atoms with Crippen molar-refractivity contribution in [2.45, 2.75) is 11.2 Å². The first-order valence-electron chi connectivity index (χ1n) is 5.90. The molecule has 1 aromatic carbocycles. The number of sulfone groups is 1. The van der Waals surface area contributed by atoms with Crippen molar-refractivity contribution < 1.29 is 13.2 Å². The molecular formula is C13H19NO3S. The Bertz CT molecular complexity index is 514. The minimum atomic E-state index is -3.13. The molecule has 4 nitrogen and oxygen atoms in total. The van der Waals surface area contributed by atoms with Crippen LogP contribution in [0.5, 0.6) is 0 Å². The van der Waals surface area contributed by atoms with Gasteiger partial charge in [0.25, 0.3) is 0 Å². The average molecular weight is 269 g/mol. The van der Waals surface area contributed by atoms with Crippen LogP contribution in [0.4, 0.5) is 0 Å². The number of nitrogens with two attached hydrogens (primary N) is 1.